The summed E-state index contributed by atoms with van der Waals surface area (Å²) < 4.78 is 11.5. The molecule has 14 heavy (non-hydrogen) atoms. The maximum absolute atomic E-state index is 9.79. The molecule has 1 aliphatic heterocycles. The van der Waals surface area contributed by atoms with E-state index in [9.17, 15) is 5.11 Å². The number of likely N-dealkylation sites (N-methyl/N-ethyl adjacent to an activating group) is 1. The van der Waals surface area contributed by atoms with Crippen LogP contribution >= 0.6 is 0 Å². The number of hydrogen-bond acceptors (Lipinski definition) is 4. The maximum Gasteiger partial charge on any atom is 0.163 e. The van der Waals surface area contributed by atoms with Gasteiger partial charge < -0.3 is 19.9 Å². The molecule has 82 valence electrons. The van der Waals surface area contributed by atoms with E-state index in [4.69, 9.17) is 9.47 Å². The normalized spacial score (nSPS) is 46.3. The molecule has 1 saturated carbocycles. The molecule has 0 aromatic rings. The van der Waals surface area contributed by atoms with E-state index in [1.165, 1.54) is 0 Å². The highest BCUT2D eigenvalue weighted by atomic mass is 16.8. The molecule has 0 bridgehead atoms. The standard InChI is InChI=1S/C10H19NO3/c1-10(2)13-8-6(11-3)4-5-7(12)9(8)14-10/h6-9,11-12H,4-5H2,1-3H3/t6?,7-,8-,9+/m1/s1. The minimum Gasteiger partial charge on any atom is -0.390 e. The van der Waals surface area contributed by atoms with E-state index in [-0.39, 0.29) is 18.3 Å². The molecule has 0 spiro atoms. The zero-order valence-electron chi connectivity index (χ0n) is 8.99. The summed E-state index contributed by atoms with van der Waals surface area (Å²) >= 11 is 0. The molecule has 0 aromatic carbocycles. The van der Waals surface area contributed by atoms with Crippen LogP contribution in [0.3, 0.4) is 0 Å². The third-order valence-electron chi connectivity index (χ3n) is 3.08. The number of ether oxygens (including phenoxy) is 2. The van der Waals surface area contributed by atoms with Crippen LogP contribution in [0.5, 0.6) is 0 Å². The van der Waals surface area contributed by atoms with E-state index < -0.39 is 5.79 Å². The van der Waals surface area contributed by atoms with Crippen molar-refractivity contribution in [1.29, 1.82) is 0 Å². The molecular weight excluding hydrogens is 182 g/mol. The molecule has 0 radical (unpaired) electrons. The highest BCUT2D eigenvalue weighted by Gasteiger charge is 2.50. The van der Waals surface area contributed by atoms with Crippen molar-refractivity contribution in [1.82, 2.24) is 5.32 Å². The summed E-state index contributed by atoms with van der Waals surface area (Å²) in [6, 6.07) is 0.296. The van der Waals surface area contributed by atoms with Gasteiger partial charge in [0.2, 0.25) is 0 Å². The summed E-state index contributed by atoms with van der Waals surface area (Å²) in [4.78, 5) is 0. The fourth-order valence-corrected chi connectivity index (χ4v) is 2.41. The van der Waals surface area contributed by atoms with Gasteiger partial charge in [-0.15, -0.1) is 0 Å². The minimum absolute atomic E-state index is 0.0150. The Morgan fingerprint density at radius 1 is 1.21 bits per heavy atom. The lowest BCUT2D eigenvalue weighted by Crippen LogP contribution is -2.52. The zero-order valence-corrected chi connectivity index (χ0v) is 8.99. The fourth-order valence-electron chi connectivity index (χ4n) is 2.41. The Bertz CT molecular complexity index is 219. The number of aliphatic hydroxyl groups is 1. The Labute approximate surface area is 84.6 Å². The number of rotatable bonds is 1. The van der Waals surface area contributed by atoms with Crippen molar-refractivity contribution < 1.29 is 14.6 Å². The van der Waals surface area contributed by atoms with Crippen LogP contribution in [-0.4, -0.2) is 42.3 Å². The molecular formula is C10H19NO3. The predicted octanol–water partition coefficient (Wildman–Crippen LogP) is 0.249. The molecule has 4 nitrogen and oxygen atoms in total. The van der Waals surface area contributed by atoms with Crippen molar-refractivity contribution in [2.24, 2.45) is 0 Å². The second-order valence-electron chi connectivity index (χ2n) is 4.60. The van der Waals surface area contributed by atoms with Gasteiger partial charge in [-0.25, -0.2) is 0 Å². The second-order valence-corrected chi connectivity index (χ2v) is 4.60. The summed E-state index contributed by atoms with van der Waals surface area (Å²) in [6.45, 7) is 3.79. The maximum atomic E-state index is 9.79. The van der Waals surface area contributed by atoms with Gasteiger partial charge in [0.05, 0.1) is 6.10 Å². The third-order valence-corrected chi connectivity index (χ3v) is 3.08. The van der Waals surface area contributed by atoms with Crippen molar-refractivity contribution in [3.8, 4) is 0 Å². The molecule has 2 fully saturated rings. The van der Waals surface area contributed by atoms with Crippen LogP contribution in [0.1, 0.15) is 26.7 Å². The lowest BCUT2D eigenvalue weighted by atomic mass is 9.88. The van der Waals surface area contributed by atoms with Gasteiger partial charge in [-0.3, -0.25) is 0 Å². The van der Waals surface area contributed by atoms with Gasteiger partial charge in [0.1, 0.15) is 12.2 Å². The van der Waals surface area contributed by atoms with Gasteiger partial charge in [-0.2, -0.15) is 0 Å². The largest absolute Gasteiger partial charge is 0.390 e. The van der Waals surface area contributed by atoms with Crippen LogP contribution in [0, 0.1) is 0 Å². The lowest BCUT2D eigenvalue weighted by Gasteiger charge is -2.34. The Morgan fingerprint density at radius 2 is 1.86 bits per heavy atom. The number of fused-ring (bicyclic) bond motifs is 1. The number of hydrogen-bond donors (Lipinski definition) is 2. The molecule has 2 N–H and O–H groups in total. The van der Waals surface area contributed by atoms with Crippen LogP contribution < -0.4 is 5.32 Å². The molecule has 2 aliphatic rings. The quantitative estimate of drug-likeness (QED) is 0.638. The van der Waals surface area contributed by atoms with Crippen molar-refractivity contribution in [2.45, 2.75) is 56.8 Å². The third kappa shape index (κ3) is 1.67. The first-order chi connectivity index (χ1) is 6.53. The molecule has 0 amide bonds. The van der Waals surface area contributed by atoms with Gasteiger partial charge in [0, 0.05) is 6.04 Å². The fraction of sp³-hybridized carbons (Fsp3) is 1.00. The van der Waals surface area contributed by atoms with Crippen molar-refractivity contribution in [3.63, 3.8) is 0 Å². The molecule has 4 heteroatoms. The van der Waals surface area contributed by atoms with Gasteiger partial charge in [-0.1, -0.05) is 0 Å². The summed E-state index contributed by atoms with van der Waals surface area (Å²) in [5.41, 5.74) is 0. The van der Waals surface area contributed by atoms with Crippen LogP contribution in [0.25, 0.3) is 0 Å². The lowest BCUT2D eigenvalue weighted by molar-refractivity contribution is -0.153. The average Bonchev–Trinajstić information content (AvgIpc) is 2.42. The molecule has 0 aromatic heterocycles. The first-order valence-electron chi connectivity index (χ1n) is 5.24. The monoisotopic (exact) mass is 201 g/mol. The highest BCUT2D eigenvalue weighted by Crippen LogP contribution is 2.36. The predicted molar refractivity (Wildman–Crippen MR) is 51.9 cm³/mol. The summed E-state index contributed by atoms with van der Waals surface area (Å²) in [5.74, 6) is -0.560. The van der Waals surface area contributed by atoms with E-state index in [1.807, 2.05) is 20.9 Å². The SMILES string of the molecule is CNC1CC[C@@H](O)[C@@H]2OC(C)(C)O[C@H]12. The Morgan fingerprint density at radius 3 is 2.50 bits per heavy atom. The van der Waals surface area contributed by atoms with E-state index in [0.717, 1.165) is 12.8 Å². The minimum atomic E-state index is -0.560. The van der Waals surface area contributed by atoms with Crippen molar-refractivity contribution >= 4 is 0 Å². The highest BCUT2D eigenvalue weighted by molar-refractivity contribution is 4.97. The van der Waals surface area contributed by atoms with Crippen LogP contribution in [0.2, 0.25) is 0 Å². The van der Waals surface area contributed by atoms with E-state index in [1.54, 1.807) is 0 Å². The van der Waals surface area contributed by atoms with Gasteiger partial charge >= 0.3 is 0 Å². The first kappa shape index (κ1) is 10.4. The van der Waals surface area contributed by atoms with Crippen LogP contribution in [0.4, 0.5) is 0 Å². The Hall–Kier alpha value is -0.160. The molecule has 1 saturated heterocycles. The summed E-state index contributed by atoms with van der Waals surface area (Å²) in [7, 11) is 1.92. The summed E-state index contributed by atoms with van der Waals surface area (Å²) in [6.07, 6.45) is 1.16. The first-order valence-corrected chi connectivity index (χ1v) is 5.24. The van der Waals surface area contributed by atoms with Gasteiger partial charge in [0.25, 0.3) is 0 Å². The number of nitrogens with one attached hydrogen (secondary N) is 1. The Balaban J connectivity index is 2.14. The van der Waals surface area contributed by atoms with Gasteiger partial charge in [-0.05, 0) is 33.7 Å². The molecule has 1 aliphatic carbocycles. The smallest absolute Gasteiger partial charge is 0.163 e. The van der Waals surface area contributed by atoms with E-state index >= 15 is 0 Å². The topological polar surface area (TPSA) is 50.7 Å². The van der Waals surface area contributed by atoms with Crippen LogP contribution in [0.15, 0.2) is 0 Å². The van der Waals surface area contributed by atoms with E-state index in [2.05, 4.69) is 5.32 Å². The Kier molecular flexibility index (Phi) is 2.55. The molecule has 2 rings (SSSR count). The molecule has 1 heterocycles. The molecule has 4 atom stereocenters. The molecule has 1 unspecified atom stereocenters. The van der Waals surface area contributed by atoms with Crippen molar-refractivity contribution in [3.05, 3.63) is 0 Å². The zero-order chi connectivity index (χ0) is 10.3. The number of aliphatic hydroxyl groups excluding tert-OH is 1. The van der Waals surface area contributed by atoms with E-state index in [0.29, 0.717) is 6.04 Å². The van der Waals surface area contributed by atoms with Crippen LogP contribution in [-0.2, 0) is 9.47 Å². The second kappa shape index (κ2) is 3.45. The van der Waals surface area contributed by atoms with Crippen molar-refractivity contribution in [2.75, 3.05) is 7.05 Å². The van der Waals surface area contributed by atoms with Gasteiger partial charge in [0.15, 0.2) is 5.79 Å². The summed E-state index contributed by atoms with van der Waals surface area (Å²) in [5, 5.41) is 13.0. The average molecular weight is 201 g/mol.